The van der Waals surface area contributed by atoms with Gasteiger partial charge in [-0.15, -0.1) is 0 Å². The molecular formula is C18H33O4P. The van der Waals surface area contributed by atoms with Crippen LogP contribution in [0.5, 0.6) is 0 Å². The standard InChI is InChI=1S/C18H33O4P/c1-2-3-4-5-6-7-8-9-10-11-12-13-14-15-16-17-18-22-23(19,20)21/h3-4,6-7,9-10H,2,5,8,11-18H2,1H3,(H2,19,20,21)/b4-3+,7-6+,10-9+. The van der Waals surface area contributed by atoms with Gasteiger partial charge in [-0.3, -0.25) is 4.52 Å². The summed E-state index contributed by atoms with van der Waals surface area (Å²) in [6.45, 7) is 2.29. The van der Waals surface area contributed by atoms with Crippen LogP contribution in [-0.2, 0) is 9.09 Å². The molecule has 0 aliphatic carbocycles. The molecule has 0 radical (unpaired) electrons. The summed E-state index contributed by atoms with van der Waals surface area (Å²) in [6, 6.07) is 0. The number of allylic oxidation sites excluding steroid dienone is 6. The van der Waals surface area contributed by atoms with Gasteiger partial charge in [0.05, 0.1) is 6.61 Å². The van der Waals surface area contributed by atoms with Crippen LogP contribution in [0.2, 0.25) is 0 Å². The van der Waals surface area contributed by atoms with Crippen molar-refractivity contribution >= 4 is 7.82 Å². The van der Waals surface area contributed by atoms with Crippen LogP contribution in [-0.4, -0.2) is 16.4 Å². The van der Waals surface area contributed by atoms with E-state index in [1.54, 1.807) is 0 Å². The van der Waals surface area contributed by atoms with Crippen molar-refractivity contribution in [2.45, 2.75) is 71.1 Å². The SMILES string of the molecule is CC/C=C/C/C=C/C/C=C/CCCCCCCCOP(=O)(O)O. The molecule has 0 saturated heterocycles. The number of phosphoric acid groups is 1. The molecule has 0 aromatic rings. The first-order valence-electron chi connectivity index (χ1n) is 8.71. The molecule has 0 fully saturated rings. The van der Waals surface area contributed by atoms with E-state index in [9.17, 15) is 4.57 Å². The molecular weight excluding hydrogens is 311 g/mol. The third-order valence-corrected chi connectivity index (χ3v) is 3.82. The molecule has 0 heterocycles. The number of hydrogen-bond donors (Lipinski definition) is 2. The Bertz CT molecular complexity index is 382. The van der Waals surface area contributed by atoms with Crippen LogP contribution in [0.4, 0.5) is 0 Å². The van der Waals surface area contributed by atoms with Crippen LogP contribution in [0.3, 0.4) is 0 Å². The highest BCUT2D eigenvalue weighted by Gasteiger charge is 2.12. The van der Waals surface area contributed by atoms with E-state index in [2.05, 4.69) is 47.9 Å². The lowest BCUT2D eigenvalue weighted by Gasteiger charge is -2.04. The van der Waals surface area contributed by atoms with Gasteiger partial charge in [0.15, 0.2) is 0 Å². The predicted octanol–water partition coefficient (Wildman–Crippen LogP) is 5.69. The summed E-state index contributed by atoms with van der Waals surface area (Å²) in [7, 11) is -4.27. The first-order valence-corrected chi connectivity index (χ1v) is 10.2. The van der Waals surface area contributed by atoms with Gasteiger partial charge in [0.25, 0.3) is 0 Å². The molecule has 0 aromatic carbocycles. The molecule has 0 spiro atoms. The van der Waals surface area contributed by atoms with E-state index in [0.29, 0.717) is 6.42 Å². The van der Waals surface area contributed by atoms with Crippen molar-refractivity contribution in [3.05, 3.63) is 36.5 Å². The summed E-state index contributed by atoms with van der Waals surface area (Å²) >= 11 is 0. The Hall–Kier alpha value is -0.670. The summed E-state index contributed by atoms with van der Waals surface area (Å²) in [4.78, 5) is 17.0. The van der Waals surface area contributed by atoms with Gasteiger partial charge in [-0.1, -0.05) is 69.1 Å². The lowest BCUT2D eigenvalue weighted by molar-refractivity contribution is 0.193. The second-order valence-electron chi connectivity index (χ2n) is 5.53. The molecule has 0 rings (SSSR count). The Morgan fingerprint density at radius 1 is 0.783 bits per heavy atom. The molecule has 5 heteroatoms. The van der Waals surface area contributed by atoms with E-state index in [0.717, 1.165) is 38.5 Å². The second-order valence-corrected chi connectivity index (χ2v) is 6.77. The van der Waals surface area contributed by atoms with Gasteiger partial charge in [-0.25, -0.2) is 4.57 Å². The van der Waals surface area contributed by atoms with Crippen molar-refractivity contribution in [3.8, 4) is 0 Å². The van der Waals surface area contributed by atoms with Crippen molar-refractivity contribution in [2.24, 2.45) is 0 Å². The first-order chi connectivity index (χ1) is 11.1. The summed E-state index contributed by atoms with van der Waals surface area (Å²) in [6.07, 6.45) is 23.9. The molecule has 0 unspecified atom stereocenters. The van der Waals surface area contributed by atoms with E-state index >= 15 is 0 Å². The minimum absolute atomic E-state index is 0.148. The summed E-state index contributed by atoms with van der Waals surface area (Å²) in [5, 5.41) is 0. The van der Waals surface area contributed by atoms with Crippen molar-refractivity contribution in [1.82, 2.24) is 0 Å². The Morgan fingerprint density at radius 3 is 1.91 bits per heavy atom. The molecule has 0 aromatic heterocycles. The van der Waals surface area contributed by atoms with Gasteiger partial charge >= 0.3 is 7.82 Å². The van der Waals surface area contributed by atoms with E-state index in [1.165, 1.54) is 19.3 Å². The Labute approximate surface area is 141 Å². The largest absolute Gasteiger partial charge is 0.469 e. The maximum atomic E-state index is 10.5. The summed E-state index contributed by atoms with van der Waals surface area (Å²) in [5.74, 6) is 0. The van der Waals surface area contributed by atoms with Crippen molar-refractivity contribution in [1.29, 1.82) is 0 Å². The molecule has 0 aliphatic rings. The Morgan fingerprint density at radius 2 is 1.30 bits per heavy atom. The molecule has 4 nitrogen and oxygen atoms in total. The normalized spacial score (nSPS) is 13.0. The van der Waals surface area contributed by atoms with Crippen molar-refractivity contribution in [2.75, 3.05) is 6.61 Å². The predicted molar refractivity (Wildman–Crippen MR) is 97.3 cm³/mol. The van der Waals surface area contributed by atoms with Crippen molar-refractivity contribution < 1.29 is 18.9 Å². The third-order valence-electron chi connectivity index (χ3n) is 3.30. The minimum atomic E-state index is -4.27. The van der Waals surface area contributed by atoms with E-state index < -0.39 is 7.82 Å². The van der Waals surface area contributed by atoms with Crippen LogP contribution >= 0.6 is 7.82 Å². The van der Waals surface area contributed by atoms with Gasteiger partial charge in [0.1, 0.15) is 0 Å². The Kier molecular flexibility index (Phi) is 15.7. The highest BCUT2D eigenvalue weighted by atomic mass is 31.2. The van der Waals surface area contributed by atoms with Gasteiger partial charge in [-0.2, -0.15) is 0 Å². The van der Waals surface area contributed by atoms with Crippen LogP contribution in [0.1, 0.15) is 71.1 Å². The van der Waals surface area contributed by atoms with Gasteiger partial charge in [0.2, 0.25) is 0 Å². The molecule has 0 saturated carbocycles. The number of rotatable bonds is 15. The summed E-state index contributed by atoms with van der Waals surface area (Å²) in [5.41, 5.74) is 0. The smallest absolute Gasteiger partial charge is 0.303 e. The van der Waals surface area contributed by atoms with Gasteiger partial charge < -0.3 is 9.79 Å². The highest BCUT2D eigenvalue weighted by Crippen LogP contribution is 2.35. The average molecular weight is 344 g/mol. The molecule has 0 atom stereocenters. The molecule has 0 amide bonds. The van der Waals surface area contributed by atoms with Crippen molar-refractivity contribution in [3.63, 3.8) is 0 Å². The van der Waals surface area contributed by atoms with E-state index in [4.69, 9.17) is 9.79 Å². The Balaban J connectivity index is 3.25. The first kappa shape index (κ1) is 22.3. The fraction of sp³-hybridized carbons (Fsp3) is 0.667. The second kappa shape index (κ2) is 16.2. The molecule has 0 aliphatic heterocycles. The van der Waals surface area contributed by atoms with Crippen LogP contribution in [0.25, 0.3) is 0 Å². The fourth-order valence-electron chi connectivity index (χ4n) is 2.08. The van der Waals surface area contributed by atoms with Crippen LogP contribution in [0, 0.1) is 0 Å². The maximum Gasteiger partial charge on any atom is 0.469 e. The molecule has 23 heavy (non-hydrogen) atoms. The number of phosphoric ester groups is 1. The summed E-state index contributed by atoms with van der Waals surface area (Å²) < 4.78 is 14.8. The third kappa shape index (κ3) is 21.3. The monoisotopic (exact) mass is 344 g/mol. The lowest BCUT2D eigenvalue weighted by Crippen LogP contribution is -1.92. The number of hydrogen-bond acceptors (Lipinski definition) is 2. The number of unbranched alkanes of at least 4 members (excludes halogenated alkanes) is 6. The molecule has 134 valence electrons. The fourth-order valence-corrected chi connectivity index (χ4v) is 2.45. The van der Waals surface area contributed by atoms with E-state index in [1.807, 2.05) is 0 Å². The van der Waals surface area contributed by atoms with Gasteiger partial charge in [-0.05, 0) is 38.5 Å². The lowest BCUT2D eigenvalue weighted by atomic mass is 10.1. The van der Waals surface area contributed by atoms with Crippen LogP contribution in [0.15, 0.2) is 36.5 Å². The zero-order valence-electron chi connectivity index (χ0n) is 14.4. The zero-order valence-corrected chi connectivity index (χ0v) is 15.3. The van der Waals surface area contributed by atoms with E-state index in [-0.39, 0.29) is 6.61 Å². The quantitative estimate of drug-likeness (QED) is 0.228. The zero-order chi connectivity index (χ0) is 17.2. The minimum Gasteiger partial charge on any atom is -0.303 e. The maximum absolute atomic E-state index is 10.5. The average Bonchev–Trinajstić information content (AvgIpc) is 2.49. The molecule has 2 N–H and O–H groups in total. The van der Waals surface area contributed by atoms with Gasteiger partial charge in [0, 0.05) is 0 Å². The van der Waals surface area contributed by atoms with Crippen LogP contribution < -0.4 is 0 Å². The highest BCUT2D eigenvalue weighted by molar-refractivity contribution is 7.46. The topological polar surface area (TPSA) is 66.8 Å². The molecule has 0 bridgehead atoms.